The summed E-state index contributed by atoms with van der Waals surface area (Å²) in [4.78, 5) is 4.28. The van der Waals surface area contributed by atoms with Gasteiger partial charge in [0.1, 0.15) is 0 Å². The fraction of sp³-hybridized carbons (Fsp3) is 0.250. The molecule has 1 heterocycles. The monoisotopic (exact) mass is 235 g/mol. The third kappa shape index (κ3) is 2.16. The van der Waals surface area contributed by atoms with Crippen LogP contribution in [0.1, 0.15) is 11.6 Å². The molecule has 1 unspecified atom stereocenters. The molecule has 3 nitrogen and oxygen atoms in total. The van der Waals surface area contributed by atoms with Crippen LogP contribution in [0.4, 0.5) is 0 Å². The van der Waals surface area contributed by atoms with Gasteiger partial charge in [-0.25, -0.2) is 0 Å². The van der Waals surface area contributed by atoms with E-state index < -0.39 is 0 Å². The van der Waals surface area contributed by atoms with E-state index in [0.29, 0.717) is 5.02 Å². The van der Waals surface area contributed by atoms with Gasteiger partial charge in [-0.1, -0.05) is 17.7 Å². The summed E-state index contributed by atoms with van der Waals surface area (Å²) in [6.45, 7) is 0.738. The quantitative estimate of drug-likeness (QED) is 0.857. The second-order valence-corrected chi connectivity index (χ2v) is 4.16. The molecule has 0 bridgehead atoms. The van der Waals surface area contributed by atoms with Crippen LogP contribution in [0.2, 0.25) is 5.02 Å². The SMILES string of the molecule is CNCC(N)c1ccnc2cc(Cl)ccc12. The predicted molar refractivity (Wildman–Crippen MR) is 67.6 cm³/mol. The highest BCUT2D eigenvalue weighted by Crippen LogP contribution is 2.23. The van der Waals surface area contributed by atoms with Crippen LogP contribution < -0.4 is 11.1 Å². The second kappa shape index (κ2) is 4.78. The molecule has 0 aliphatic carbocycles. The molecule has 2 rings (SSSR count). The van der Waals surface area contributed by atoms with Crippen molar-refractivity contribution < 1.29 is 0 Å². The van der Waals surface area contributed by atoms with Crippen molar-refractivity contribution in [1.82, 2.24) is 10.3 Å². The number of nitrogens with one attached hydrogen (secondary N) is 1. The predicted octanol–water partition coefficient (Wildman–Crippen LogP) is 2.11. The Morgan fingerprint density at radius 3 is 3.00 bits per heavy atom. The summed E-state index contributed by atoms with van der Waals surface area (Å²) in [5, 5.41) is 4.83. The highest BCUT2D eigenvalue weighted by Gasteiger charge is 2.09. The first-order chi connectivity index (χ1) is 7.72. The highest BCUT2D eigenvalue weighted by atomic mass is 35.5. The molecule has 0 saturated carbocycles. The van der Waals surface area contributed by atoms with Gasteiger partial charge >= 0.3 is 0 Å². The molecule has 0 aliphatic rings. The first-order valence-electron chi connectivity index (χ1n) is 5.16. The van der Waals surface area contributed by atoms with Gasteiger partial charge in [-0.2, -0.15) is 0 Å². The molecule has 1 aromatic carbocycles. The number of nitrogens with zero attached hydrogens (tertiary/aromatic N) is 1. The molecule has 0 amide bonds. The molecule has 0 aliphatic heterocycles. The molecule has 1 aromatic heterocycles. The summed E-state index contributed by atoms with van der Waals surface area (Å²) in [7, 11) is 1.89. The summed E-state index contributed by atoms with van der Waals surface area (Å²) >= 11 is 5.93. The van der Waals surface area contributed by atoms with Crippen LogP contribution in [0.15, 0.2) is 30.5 Å². The van der Waals surface area contributed by atoms with Crippen molar-refractivity contribution in [1.29, 1.82) is 0 Å². The molecule has 0 spiro atoms. The number of pyridine rings is 1. The lowest BCUT2D eigenvalue weighted by Crippen LogP contribution is -2.24. The fourth-order valence-electron chi connectivity index (χ4n) is 1.80. The van der Waals surface area contributed by atoms with Crippen LogP contribution in [0.25, 0.3) is 10.9 Å². The average molecular weight is 236 g/mol. The number of halogens is 1. The molecule has 4 heteroatoms. The Bertz CT molecular complexity index is 499. The number of nitrogens with two attached hydrogens (primary N) is 1. The molecule has 2 aromatic rings. The Kier molecular flexibility index (Phi) is 3.39. The highest BCUT2D eigenvalue weighted by molar-refractivity contribution is 6.31. The van der Waals surface area contributed by atoms with Crippen molar-refractivity contribution >= 4 is 22.5 Å². The van der Waals surface area contributed by atoms with Gasteiger partial charge < -0.3 is 11.1 Å². The van der Waals surface area contributed by atoms with E-state index in [0.717, 1.165) is 23.0 Å². The molecular weight excluding hydrogens is 222 g/mol. The summed E-state index contributed by atoms with van der Waals surface area (Å²) in [6, 6.07) is 7.61. The summed E-state index contributed by atoms with van der Waals surface area (Å²) in [6.07, 6.45) is 1.77. The summed E-state index contributed by atoms with van der Waals surface area (Å²) in [5.41, 5.74) is 8.07. The summed E-state index contributed by atoms with van der Waals surface area (Å²) in [5.74, 6) is 0. The number of aromatic nitrogens is 1. The molecule has 0 saturated heterocycles. The molecule has 1 atom stereocenters. The van der Waals surface area contributed by atoms with Crippen molar-refractivity contribution in [2.75, 3.05) is 13.6 Å². The Balaban J connectivity index is 2.53. The standard InChI is InChI=1S/C12H14ClN3/c1-15-7-11(14)9-4-5-16-12-6-8(13)2-3-10(9)12/h2-6,11,15H,7,14H2,1H3. The van der Waals surface area contributed by atoms with Crippen molar-refractivity contribution in [3.63, 3.8) is 0 Å². The topological polar surface area (TPSA) is 50.9 Å². The lowest BCUT2D eigenvalue weighted by molar-refractivity contribution is 0.656. The normalized spacial score (nSPS) is 12.9. The van der Waals surface area contributed by atoms with E-state index in [4.69, 9.17) is 17.3 Å². The Hall–Kier alpha value is -1.16. The summed E-state index contributed by atoms with van der Waals surface area (Å²) < 4.78 is 0. The molecule has 16 heavy (non-hydrogen) atoms. The minimum absolute atomic E-state index is 0.0309. The Morgan fingerprint density at radius 1 is 1.44 bits per heavy atom. The number of hydrogen-bond acceptors (Lipinski definition) is 3. The molecular formula is C12H14ClN3. The zero-order chi connectivity index (χ0) is 11.5. The minimum atomic E-state index is -0.0309. The van der Waals surface area contributed by atoms with Crippen molar-refractivity contribution in [2.24, 2.45) is 5.73 Å². The van der Waals surface area contributed by atoms with Gasteiger partial charge in [0.2, 0.25) is 0 Å². The first-order valence-corrected chi connectivity index (χ1v) is 5.54. The maximum Gasteiger partial charge on any atom is 0.0720 e. The third-order valence-corrected chi connectivity index (χ3v) is 2.80. The van der Waals surface area contributed by atoms with Crippen LogP contribution >= 0.6 is 11.6 Å². The molecule has 84 valence electrons. The average Bonchev–Trinajstić information content (AvgIpc) is 2.28. The lowest BCUT2D eigenvalue weighted by Gasteiger charge is -2.13. The van der Waals surface area contributed by atoms with Crippen LogP contribution in [0.3, 0.4) is 0 Å². The number of likely N-dealkylation sites (N-methyl/N-ethyl adjacent to an activating group) is 1. The smallest absolute Gasteiger partial charge is 0.0720 e. The van der Waals surface area contributed by atoms with Crippen LogP contribution in [-0.4, -0.2) is 18.6 Å². The van der Waals surface area contributed by atoms with E-state index >= 15 is 0 Å². The zero-order valence-corrected chi connectivity index (χ0v) is 9.83. The van der Waals surface area contributed by atoms with E-state index in [1.165, 1.54) is 0 Å². The second-order valence-electron chi connectivity index (χ2n) is 3.73. The van der Waals surface area contributed by atoms with Crippen molar-refractivity contribution in [3.8, 4) is 0 Å². The van der Waals surface area contributed by atoms with Gasteiger partial charge in [-0.15, -0.1) is 0 Å². The van der Waals surface area contributed by atoms with Crippen molar-refractivity contribution in [2.45, 2.75) is 6.04 Å². The number of benzene rings is 1. The number of fused-ring (bicyclic) bond motifs is 1. The van der Waals surface area contributed by atoms with E-state index in [1.807, 2.05) is 31.3 Å². The van der Waals surface area contributed by atoms with Crippen LogP contribution in [0.5, 0.6) is 0 Å². The molecule has 0 radical (unpaired) electrons. The van der Waals surface area contributed by atoms with Crippen molar-refractivity contribution in [3.05, 3.63) is 41.0 Å². The number of rotatable bonds is 3. The minimum Gasteiger partial charge on any atom is -0.323 e. The first kappa shape index (κ1) is 11.3. The van der Waals surface area contributed by atoms with Gasteiger partial charge in [0.05, 0.1) is 5.52 Å². The zero-order valence-electron chi connectivity index (χ0n) is 9.07. The molecule has 0 fully saturated rings. The maximum atomic E-state index is 6.09. The Morgan fingerprint density at radius 2 is 2.25 bits per heavy atom. The van der Waals surface area contributed by atoms with E-state index in [1.54, 1.807) is 6.20 Å². The van der Waals surface area contributed by atoms with Gasteiger partial charge in [0, 0.05) is 29.2 Å². The van der Waals surface area contributed by atoms with Gasteiger partial charge in [-0.05, 0) is 30.8 Å². The van der Waals surface area contributed by atoms with E-state index in [-0.39, 0.29) is 6.04 Å². The van der Waals surface area contributed by atoms with Gasteiger partial charge in [0.15, 0.2) is 0 Å². The largest absolute Gasteiger partial charge is 0.323 e. The maximum absolute atomic E-state index is 6.09. The van der Waals surface area contributed by atoms with E-state index in [9.17, 15) is 0 Å². The molecule has 3 N–H and O–H groups in total. The van der Waals surface area contributed by atoms with Gasteiger partial charge in [0.25, 0.3) is 0 Å². The van der Waals surface area contributed by atoms with Crippen LogP contribution in [-0.2, 0) is 0 Å². The third-order valence-electron chi connectivity index (χ3n) is 2.56. The fourth-order valence-corrected chi connectivity index (χ4v) is 1.96. The van der Waals surface area contributed by atoms with E-state index in [2.05, 4.69) is 10.3 Å². The van der Waals surface area contributed by atoms with Crippen LogP contribution in [0, 0.1) is 0 Å². The van der Waals surface area contributed by atoms with Gasteiger partial charge in [-0.3, -0.25) is 4.98 Å². The lowest BCUT2D eigenvalue weighted by atomic mass is 10.0. The number of hydrogen-bond donors (Lipinski definition) is 2. The Labute approximate surface area is 99.6 Å².